The predicted molar refractivity (Wildman–Crippen MR) is 178 cm³/mol. The van der Waals surface area contributed by atoms with Gasteiger partial charge in [0.15, 0.2) is 5.82 Å². The summed E-state index contributed by atoms with van der Waals surface area (Å²) in [7, 11) is 0. The van der Waals surface area contributed by atoms with Crippen LogP contribution < -0.4 is 16.4 Å². The highest BCUT2D eigenvalue weighted by Gasteiger charge is 2.32. The van der Waals surface area contributed by atoms with Crippen molar-refractivity contribution in [2.45, 2.75) is 46.1 Å². The van der Waals surface area contributed by atoms with Gasteiger partial charge in [-0.25, -0.2) is 4.39 Å². The van der Waals surface area contributed by atoms with E-state index >= 15 is 0 Å². The number of nitrogens with one attached hydrogen (secondary N) is 2. The number of nitrogens with zero attached hydrogens (tertiary/aromatic N) is 4. The third-order valence-electron chi connectivity index (χ3n) is 7.21. The zero-order valence-corrected chi connectivity index (χ0v) is 27.3. The fourth-order valence-electron chi connectivity index (χ4n) is 4.93. The Labute approximate surface area is 275 Å². The van der Waals surface area contributed by atoms with Crippen molar-refractivity contribution in [3.63, 3.8) is 0 Å². The van der Waals surface area contributed by atoms with Crippen LogP contribution >= 0.6 is 35.3 Å². The molecule has 3 heterocycles. The molecule has 2 aromatic heterocycles. The number of anilines is 1. The van der Waals surface area contributed by atoms with E-state index in [1.165, 1.54) is 18.2 Å². The average Bonchev–Trinajstić information content (AvgIpc) is 3.47. The van der Waals surface area contributed by atoms with Gasteiger partial charge in [0.05, 0.1) is 24.2 Å². The van der Waals surface area contributed by atoms with Crippen molar-refractivity contribution in [2.24, 2.45) is 10.7 Å². The summed E-state index contributed by atoms with van der Waals surface area (Å²) < 4.78 is 15.9. The Hall–Kier alpha value is -4.08. The normalized spacial score (nSPS) is 13.3. The molecule has 0 radical (unpaired) electrons. The smallest absolute Gasteiger partial charge is 0.224 e. The van der Waals surface area contributed by atoms with Crippen LogP contribution in [0.3, 0.4) is 0 Å². The molecule has 45 heavy (non-hydrogen) atoms. The van der Waals surface area contributed by atoms with Crippen molar-refractivity contribution in [3.05, 3.63) is 92.1 Å². The van der Waals surface area contributed by atoms with E-state index < -0.39 is 11.9 Å². The number of hydrogen-bond acceptors (Lipinski definition) is 7. The molecule has 13 heteroatoms. The number of nitrogens with two attached hydrogens (primary N) is 1. The highest BCUT2D eigenvalue weighted by molar-refractivity contribution is 7.15. The van der Waals surface area contributed by atoms with E-state index in [4.69, 9.17) is 22.3 Å². The van der Waals surface area contributed by atoms with Crippen LogP contribution in [0.4, 0.5) is 10.1 Å². The fraction of sp³-hybridized carbons (Fsp3) is 0.281. The van der Waals surface area contributed by atoms with E-state index in [-0.39, 0.29) is 49.2 Å². The van der Waals surface area contributed by atoms with Crippen LogP contribution in [0.15, 0.2) is 47.5 Å². The number of benzene rings is 2. The lowest BCUT2D eigenvalue weighted by atomic mass is 9.99. The van der Waals surface area contributed by atoms with Gasteiger partial charge in [0.1, 0.15) is 22.7 Å². The van der Waals surface area contributed by atoms with Crippen molar-refractivity contribution < 1.29 is 14.0 Å². The number of carbonyl (C=O) groups excluding carboxylic acids is 2. The quantitative estimate of drug-likeness (QED) is 0.167. The van der Waals surface area contributed by atoms with Crippen LogP contribution in [0.1, 0.15) is 64.1 Å². The molecule has 1 aliphatic heterocycles. The molecular formula is C32H32Cl2FN7O2S. The second kappa shape index (κ2) is 14.8. The van der Waals surface area contributed by atoms with Gasteiger partial charge in [0, 0.05) is 39.7 Å². The van der Waals surface area contributed by atoms with Crippen LogP contribution in [0.2, 0.25) is 5.02 Å². The van der Waals surface area contributed by atoms with Gasteiger partial charge in [-0.05, 0) is 63.1 Å². The van der Waals surface area contributed by atoms with Gasteiger partial charge in [0.25, 0.3) is 0 Å². The Morgan fingerprint density at radius 2 is 1.87 bits per heavy atom. The minimum atomic E-state index is -0.584. The Bertz CT molecular complexity index is 1820. The number of amides is 2. The summed E-state index contributed by atoms with van der Waals surface area (Å²) in [4.78, 5) is 31.9. The predicted octanol–water partition coefficient (Wildman–Crippen LogP) is 5.60. The second-order valence-corrected chi connectivity index (χ2v) is 12.0. The van der Waals surface area contributed by atoms with Crippen molar-refractivity contribution in [1.82, 2.24) is 20.1 Å². The number of fused-ring (bicyclic) bond motifs is 3. The molecule has 1 unspecified atom stereocenters. The Morgan fingerprint density at radius 3 is 2.60 bits per heavy atom. The molecule has 4 aromatic rings. The molecule has 2 amide bonds. The van der Waals surface area contributed by atoms with Crippen LogP contribution in [0, 0.1) is 38.4 Å². The summed E-state index contributed by atoms with van der Waals surface area (Å²) in [6.45, 7) is 6.44. The minimum absolute atomic E-state index is 0. The number of rotatable bonds is 8. The lowest BCUT2D eigenvalue weighted by Gasteiger charge is -2.13. The van der Waals surface area contributed by atoms with E-state index in [2.05, 4.69) is 46.5 Å². The average molecular weight is 669 g/mol. The zero-order chi connectivity index (χ0) is 31.4. The molecule has 0 spiro atoms. The molecule has 4 N–H and O–H groups in total. The van der Waals surface area contributed by atoms with E-state index in [0.717, 1.165) is 32.3 Å². The first kappa shape index (κ1) is 33.8. The Kier molecular flexibility index (Phi) is 11.1. The summed E-state index contributed by atoms with van der Waals surface area (Å²) in [5, 5.41) is 16.0. The molecule has 0 saturated carbocycles. The first-order valence-corrected chi connectivity index (χ1v) is 15.3. The Morgan fingerprint density at radius 1 is 1.11 bits per heavy atom. The van der Waals surface area contributed by atoms with Crippen molar-refractivity contribution in [2.75, 3.05) is 18.4 Å². The maximum absolute atomic E-state index is 13.9. The third-order valence-corrected chi connectivity index (χ3v) is 8.66. The van der Waals surface area contributed by atoms with Crippen LogP contribution in [-0.4, -0.2) is 45.4 Å². The standard InChI is InChI=1S/C32H31ClFN7O2S.ClH/c1-18-19(2)44-32-29(18)30(21-8-10-23(33)11-9-21)38-26(31-40-39-20(3)41(31)32)17-28(43)36-15-5-7-27(42)37-24-12-13-25(34)22(16-24)6-4-14-35;/h8-13,16,26H,5,7,14-15,17,35H2,1-3H3,(H,36,43)(H,37,42);1H. The molecule has 0 fully saturated rings. The van der Waals surface area contributed by atoms with Crippen molar-refractivity contribution >= 4 is 58.6 Å². The molecular weight excluding hydrogens is 636 g/mol. The number of thiophene rings is 1. The topological polar surface area (TPSA) is 127 Å². The van der Waals surface area contributed by atoms with Crippen molar-refractivity contribution in [1.29, 1.82) is 0 Å². The number of aromatic nitrogens is 3. The zero-order valence-electron chi connectivity index (χ0n) is 24.9. The molecule has 1 atom stereocenters. The van der Waals surface area contributed by atoms with Gasteiger partial charge >= 0.3 is 0 Å². The monoisotopic (exact) mass is 667 g/mol. The molecule has 234 valence electrons. The highest BCUT2D eigenvalue weighted by Crippen LogP contribution is 2.39. The summed E-state index contributed by atoms with van der Waals surface area (Å²) >= 11 is 7.83. The molecule has 1 aliphatic rings. The molecule has 0 saturated heterocycles. The number of carbonyl (C=O) groups is 2. The van der Waals surface area contributed by atoms with Crippen LogP contribution in [0.25, 0.3) is 5.00 Å². The molecule has 9 nitrogen and oxygen atoms in total. The number of hydrogen-bond donors (Lipinski definition) is 3. The number of aryl methyl sites for hydroxylation is 2. The summed E-state index contributed by atoms with van der Waals surface area (Å²) in [6, 6.07) is 11.1. The van der Waals surface area contributed by atoms with E-state index in [1.54, 1.807) is 11.3 Å². The van der Waals surface area contributed by atoms with Gasteiger partial charge in [-0.15, -0.1) is 33.9 Å². The van der Waals surface area contributed by atoms with Crippen molar-refractivity contribution in [3.8, 4) is 16.8 Å². The lowest BCUT2D eigenvalue weighted by molar-refractivity contribution is -0.122. The molecule has 5 rings (SSSR count). The van der Waals surface area contributed by atoms with Gasteiger partial charge < -0.3 is 16.4 Å². The van der Waals surface area contributed by atoms with Crippen LogP contribution in [0.5, 0.6) is 0 Å². The summed E-state index contributed by atoms with van der Waals surface area (Å²) in [6.07, 6.45) is 0.625. The largest absolute Gasteiger partial charge is 0.356 e. The third kappa shape index (κ3) is 7.60. The minimum Gasteiger partial charge on any atom is -0.356 e. The van der Waals surface area contributed by atoms with Crippen LogP contribution in [-0.2, 0) is 9.59 Å². The van der Waals surface area contributed by atoms with Gasteiger partial charge in [-0.1, -0.05) is 35.6 Å². The number of halogens is 3. The van der Waals surface area contributed by atoms with Gasteiger partial charge in [0.2, 0.25) is 11.8 Å². The molecule has 0 aliphatic carbocycles. The lowest BCUT2D eigenvalue weighted by Crippen LogP contribution is -2.27. The molecule has 2 aromatic carbocycles. The molecule has 0 bridgehead atoms. The van der Waals surface area contributed by atoms with E-state index in [1.807, 2.05) is 35.8 Å². The number of aliphatic imine (C=N–C) groups is 1. The SMILES string of the molecule is Cc1sc2c(c1C)C(c1ccc(Cl)cc1)=NC(CC(=O)NCCCC(=O)Nc1ccc(F)c(C#CCN)c1)c1nnc(C)n1-2.Cl. The van der Waals surface area contributed by atoms with E-state index in [9.17, 15) is 14.0 Å². The second-order valence-electron chi connectivity index (χ2n) is 10.3. The van der Waals surface area contributed by atoms with E-state index in [0.29, 0.717) is 35.3 Å². The summed E-state index contributed by atoms with van der Waals surface area (Å²) in [5.74, 6) is 5.59. The van der Waals surface area contributed by atoms with Gasteiger partial charge in [-0.3, -0.25) is 19.1 Å². The fourth-order valence-corrected chi connectivity index (χ4v) is 6.27. The maximum Gasteiger partial charge on any atom is 0.224 e. The first-order chi connectivity index (χ1) is 21.2. The van der Waals surface area contributed by atoms with Gasteiger partial charge in [-0.2, -0.15) is 0 Å². The Balaban J connectivity index is 0.00000461. The first-order valence-electron chi connectivity index (χ1n) is 14.1. The highest BCUT2D eigenvalue weighted by atomic mass is 35.5. The maximum atomic E-state index is 13.9. The summed E-state index contributed by atoms with van der Waals surface area (Å²) in [5.41, 5.74) is 9.73.